The molecule has 0 spiro atoms. The maximum absolute atomic E-state index is 12.6. The molecule has 1 fully saturated rings. The second kappa shape index (κ2) is 9.26. The van der Waals surface area contributed by atoms with Gasteiger partial charge in [-0.1, -0.05) is 6.07 Å². The second-order valence-corrected chi connectivity index (χ2v) is 8.03. The average Bonchev–Trinajstić information content (AvgIpc) is 2.61. The number of rotatable bonds is 6. The fourth-order valence-electron chi connectivity index (χ4n) is 2.88. The number of hydrogen-bond donors (Lipinski definition) is 1. The Labute approximate surface area is 158 Å². The summed E-state index contributed by atoms with van der Waals surface area (Å²) in [4.78, 5) is 24.1. The quantitative estimate of drug-likeness (QED) is 0.554. The first-order valence-corrected chi connectivity index (χ1v) is 9.41. The lowest BCUT2D eigenvalue weighted by Gasteiger charge is -2.35. The molecule has 0 aromatic heterocycles. The van der Waals surface area contributed by atoms with Crippen molar-refractivity contribution >= 4 is 34.0 Å². The largest absolute Gasteiger partial charge is 0.337 e. The summed E-state index contributed by atoms with van der Waals surface area (Å²) in [6, 6.07) is 4.70. The number of piperidine rings is 1. The topological polar surface area (TPSA) is 127 Å². The van der Waals surface area contributed by atoms with Gasteiger partial charge in [0, 0.05) is 38.3 Å². The Morgan fingerprint density at radius 2 is 2.12 bits per heavy atom. The fraction of sp³-hybridized carbons (Fsp3) is 0.533. The van der Waals surface area contributed by atoms with Crippen LogP contribution >= 0.6 is 12.4 Å². The van der Waals surface area contributed by atoms with E-state index in [1.54, 1.807) is 4.90 Å². The summed E-state index contributed by atoms with van der Waals surface area (Å²) in [5, 5.41) is 10.8. The Morgan fingerprint density at radius 1 is 1.42 bits per heavy atom. The third-order valence-corrected chi connectivity index (χ3v) is 6.11. The molecule has 1 unspecified atom stereocenters. The number of nitro benzene ring substituents is 1. The number of nitro groups is 1. The van der Waals surface area contributed by atoms with Crippen molar-refractivity contribution in [1.29, 1.82) is 0 Å². The number of non-ortho nitro benzene ring substituents is 1. The third kappa shape index (κ3) is 4.91. The molecule has 1 aliphatic rings. The van der Waals surface area contributed by atoms with Gasteiger partial charge in [-0.05, 0) is 25.3 Å². The van der Waals surface area contributed by atoms with Gasteiger partial charge in [0.05, 0.1) is 16.4 Å². The van der Waals surface area contributed by atoms with Crippen LogP contribution in [0.4, 0.5) is 5.69 Å². The molecule has 2 rings (SSSR count). The second-order valence-electron chi connectivity index (χ2n) is 5.99. The molecule has 9 nitrogen and oxygen atoms in total. The number of benzene rings is 1. The van der Waals surface area contributed by atoms with E-state index in [0.29, 0.717) is 13.1 Å². The van der Waals surface area contributed by atoms with Gasteiger partial charge >= 0.3 is 0 Å². The van der Waals surface area contributed by atoms with Crippen LogP contribution in [0.1, 0.15) is 19.3 Å². The first-order chi connectivity index (χ1) is 11.8. The number of nitrogens with two attached hydrogens (primary N) is 1. The number of sulfonamides is 1. The summed E-state index contributed by atoms with van der Waals surface area (Å²) >= 11 is 0. The highest BCUT2D eigenvalue weighted by atomic mass is 35.5. The van der Waals surface area contributed by atoms with E-state index in [1.165, 1.54) is 25.2 Å². The van der Waals surface area contributed by atoms with Crippen molar-refractivity contribution < 1.29 is 18.1 Å². The van der Waals surface area contributed by atoms with Gasteiger partial charge in [0.25, 0.3) is 5.69 Å². The zero-order chi connectivity index (χ0) is 18.6. The van der Waals surface area contributed by atoms with E-state index >= 15 is 0 Å². The predicted molar refractivity (Wildman–Crippen MR) is 98.6 cm³/mol. The van der Waals surface area contributed by atoms with E-state index in [1.807, 2.05) is 0 Å². The third-order valence-electron chi connectivity index (χ3n) is 4.31. The van der Waals surface area contributed by atoms with E-state index in [-0.39, 0.29) is 41.5 Å². The Bertz CT molecular complexity index is 758. The molecule has 1 aromatic rings. The lowest BCUT2D eigenvalue weighted by molar-refractivity contribution is -0.385. The van der Waals surface area contributed by atoms with Crippen LogP contribution < -0.4 is 5.73 Å². The molecule has 2 N–H and O–H groups in total. The standard InChI is InChI=1S/C15H22N4O5S.ClH/c1-17(11-15(20)18-8-3-2-5-13(18)10-16)25(23,24)14-7-4-6-12(9-14)19(21)22;/h4,6-7,9,13H,2-3,5,8,10-11,16H2,1H3;1H. The van der Waals surface area contributed by atoms with Gasteiger partial charge in [0.15, 0.2) is 0 Å². The van der Waals surface area contributed by atoms with Gasteiger partial charge in [-0.3, -0.25) is 14.9 Å². The van der Waals surface area contributed by atoms with Crippen molar-refractivity contribution in [1.82, 2.24) is 9.21 Å². The van der Waals surface area contributed by atoms with Crippen molar-refractivity contribution in [2.24, 2.45) is 5.73 Å². The van der Waals surface area contributed by atoms with Crippen molar-refractivity contribution in [3.63, 3.8) is 0 Å². The van der Waals surface area contributed by atoms with Crippen molar-refractivity contribution in [3.05, 3.63) is 34.4 Å². The molecule has 1 saturated heterocycles. The van der Waals surface area contributed by atoms with E-state index < -0.39 is 14.9 Å². The zero-order valence-electron chi connectivity index (χ0n) is 14.4. The summed E-state index contributed by atoms with van der Waals surface area (Å²) in [5.74, 6) is -0.313. The van der Waals surface area contributed by atoms with Crippen LogP contribution in [0, 0.1) is 10.1 Å². The number of carbonyl (C=O) groups is 1. The molecular weight excluding hydrogens is 384 g/mol. The van der Waals surface area contributed by atoms with Gasteiger partial charge < -0.3 is 10.6 Å². The van der Waals surface area contributed by atoms with Crippen molar-refractivity contribution in [2.45, 2.75) is 30.2 Å². The SMILES string of the molecule is CN(CC(=O)N1CCCCC1CN)S(=O)(=O)c1cccc([N+](=O)[O-])c1.Cl. The van der Waals surface area contributed by atoms with Gasteiger partial charge in [-0.2, -0.15) is 4.31 Å². The van der Waals surface area contributed by atoms with Crippen LogP contribution in [0.25, 0.3) is 0 Å². The number of likely N-dealkylation sites (tertiary alicyclic amines) is 1. The molecule has 0 bridgehead atoms. The lowest BCUT2D eigenvalue weighted by Crippen LogP contribution is -2.50. The summed E-state index contributed by atoms with van der Waals surface area (Å²) in [5.41, 5.74) is 5.38. The van der Waals surface area contributed by atoms with Crippen LogP contribution in [0.15, 0.2) is 29.2 Å². The van der Waals surface area contributed by atoms with Crippen LogP contribution in [0.3, 0.4) is 0 Å². The number of amides is 1. The van der Waals surface area contributed by atoms with Crippen LogP contribution in [-0.4, -0.2) is 61.2 Å². The summed E-state index contributed by atoms with van der Waals surface area (Å²) in [7, 11) is -2.72. The zero-order valence-corrected chi connectivity index (χ0v) is 16.0. The van der Waals surface area contributed by atoms with Crippen molar-refractivity contribution in [2.75, 3.05) is 26.7 Å². The molecule has 1 atom stereocenters. The van der Waals surface area contributed by atoms with Gasteiger partial charge in [-0.25, -0.2) is 8.42 Å². The monoisotopic (exact) mass is 406 g/mol. The first kappa shape index (κ1) is 22.3. The fourth-order valence-corrected chi connectivity index (χ4v) is 4.04. The molecule has 1 heterocycles. The maximum Gasteiger partial charge on any atom is 0.270 e. The Balaban J connectivity index is 0.00000338. The summed E-state index contributed by atoms with van der Waals surface area (Å²) in [6.45, 7) is 0.569. The molecular formula is C15H23ClN4O5S. The maximum atomic E-state index is 12.6. The van der Waals surface area contributed by atoms with E-state index in [0.717, 1.165) is 29.6 Å². The minimum atomic E-state index is -4.00. The van der Waals surface area contributed by atoms with Gasteiger partial charge in [-0.15, -0.1) is 12.4 Å². The number of hydrogen-bond acceptors (Lipinski definition) is 6. The Hall–Kier alpha value is -1.75. The normalized spacial score (nSPS) is 17.7. The molecule has 0 aliphatic carbocycles. The Morgan fingerprint density at radius 3 is 2.73 bits per heavy atom. The molecule has 1 aliphatic heterocycles. The average molecular weight is 407 g/mol. The van der Waals surface area contributed by atoms with Crippen LogP contribution in [0.5, 0.6) is 0 Å². The molecule has 0 saturated carbocycles. The first-order valence-electron chi connectivity index (χ1n) is 7.97. The van der Waals surface area contributed by atoms with Gasteiger partial charge in [0.2, 0.25) is 15.9 Å². The molecule has 146 valence electrons. The summed E-state index contributed by atoms with van der Waals surface area (Å²) in [6.07, 6.45) is 2.67. The van der Waals surface area contributed by atoms with E-state index in [2.05, 4.69) is 0 Å². The molecule has 26 heavy (non-hydrogen) atoms. The number of likely N-dealkylation sites (N-methyl/N-ethyl adjacent to an activating group) is 1. The number of carbonyl (C=O) groups excluding carboxylic acids is 1. The van der Waals surface area contributed by atoms with Crippen molar-refractivity contribution in [3.8, 4) is 0 Å². The number of nitrogens with zero attached hydrogens (tertiary/aromatic N) is 3. The molecule has 0 radical (unpaired) electrons. The predicted octanol–water partition coefficient (Wildman–Crippen LogP) is 0.977. The minimum Gasteiger partial charge on any atom is -0.337 e. The summed E-state index contributed by atoms with van der Waals surface area (Å²) < 4.78 is 26.1. The molecule has 1 amide bonds. The van der Waals surface area contributed by atoms with Crippen LogP contribution in [0.2, 0.25) is 0 Å². The highest BCUT2D eigenvalue weighted by molar-refractivity contribution is 7.89. The lowest BCUT2D eigenvalue weighted by atomic mass is 10.0. The molecule has 1 aromatic carbocycles. The Kier molecular flexibility index (Phi) is 7.94. The minimum absolute atomic E-state index is 0. The smallest absolute Gasteiger partial charge is 0.270 e. The van der Waals surface area contributed by atoms with E-state index in [4.69, 9.17) is 5.73 Å². The highest BCUT2D eigenvalue weighted by Gasteiger charge is 2.30. The van der Waals surface area contributed by atoms with Crippen LogP contribution in [-0.2, 0) is 14.8 Å². The highest BCUT2D eigenvalue weighted by Crippen LogP contribution is 2.21. The molecule has 11 heteroatoms. The number of halogens is 1. The van der Waals surface area contributed by atoms with Gasteiger partial charge in [0.1, 0.15) is 0 Å². The van der Waals surface area contributed by atoms with E-state index in [9.17, 15) is 23.3 Å².